The molecule has 0 atom stereocenters. The van der Waals surface area contributed by atoms with Crippen LogP contribution in [0.25, 0.3) is 0 Å². The molecule has 0 saturated heterocycles. The van der Waals surface area contributed by atoms with Gasteiger partial charge in [0.2, 0.25) is 0 Å². The van der Waals surface area contributed by atoms with Gasteiger partial charge in [-0.2, -0.15) is 5.10 Å². The maximum absolute atomic E-state index is 5.99. The van der Waals surface area contributed by atoms with Crippen LogP contribution < -0.4 is 5.32 Å². The second kappa shape index (κ2) is 6.57. The van der Waals surface area contributed by atoms with Crippen molar-refractivity contribution < 1.29 is 0 Å². The largest absolute Gasteiger partial charge is 0.311 e. The Balaban J connectivity index is 2.03. The second-order valence-electron chi connectivity index (χ2n) is 4.29. The van der Waals surface area contributed by atoms with Crippen LogP contribution in [0.5, 0.6) is 0 Å². The van der Waals surface area contributed by atoms with Gasteiger partial charge in [0.25, 0.3) is 0 Å². The molecule has 0 bridgehead atoms. The Hall–Kier alpha value is -1.32. The first-order valence-corrected chi connectivity index (χ1v) is 6.63. The molecule has 0 aliphatic carbocycles. The Kier molecular flexibility index (Phi) is 4.79. The van der Waals surface area contributed by atoms with E-state index in [1.807, 2.05) is 35.1 Å². The van der Waals surface area contributed by atoms with Crippen molar-refractivity contribution >= 4 is 11.6 Å². The van der Waals surface area contributed by atoms with Crippen LogP contribution in [0.4, 0.5) is 0 Å². The fourth-order valence-electron chi connectivity index (χ4n) is 1.85. The molecule has 0 amide bonds. The van der Waals surface area contributed by atoms with E-state index in [0.29, 0.717) is 0 Å². The summed E-state index contributed by atoms with van der Waals surface area (Å²) in [6.07, 6.45) is 2.98. The maximum atomic E-state index is 5.99. The summed E-state index contributed by atoms with van der Waals surface area (Å²) < 4.78 is 2.01. The van der Waals surface area contributed by atoms with Crippen LogP contribution >= 0.6 is 11.6 Å². The molecule has 96 valence electrons. The van der Waals surface area contributed by atoms with E-state index in [-0.39, 0.29) is 0 Å². The lowest BCUT2D eigenvalue weighted by Crippen LogP contribution is -2.17. The number of hydrogen-bond acceptors (Lipinski definition) is 2. The molecule has 0 saturated carbocycles. The third-order valence-electron chi connectivity index (χ3n) is 2.76. The summed E-state index contributed by atoms with van der Waals surface area (Å²) in [7, 11) is 0. The van der Waals surface area contributed by atoms with E-state index in [2.05, 4.69) is 23.4 Å². The Labute approximate surface area is 113 Å². The lowest BCUT2D eigenvalue weighted by molar-refractivity contribution is 0.592. The molecule has 0 unspecified atom stereocenters. The van der Waals surface area contributed by atoms with Crippen LogP contribution in [0.1, 0.15) is 24.6 Å². The summed E-state index contributed by atoms with van der Waals surface area (Å²) in [5.74, 6) is 0. The summed E-state index contributed by atoms with van der Waals surface area (Å²) in [5, 5.41) is 8.51. The van der Waals surface area contributed by atoms with Gasteiger partial charge in [-0.25, -0.2) is 0 Å². The lowest BCUT2D eigenvalue weighted by Gasteiger charge is -2.08. The van der Waals surface area contributed by atoms with Crippen molar-refractivity contribution in [1.29, 1.82) is 0 Å². The van der Waals surface area contributed by atoms with Crippen molar-refractivity contribution in [2.45, 2.75) is 26.4 Å². The highest BCUT2D eigenvalue weighted by Gasteiger charge is 2.03. The van der Waals surface area contributed by atoms with E-state index >= 15 is 0 Å². The maximum Gasteiger partial charge on any atom is 0.0663 e. The first-order chi connectivity index (χ1) is 8.79. The standard InChI is InChI=1S/C14H18ClN3/c1-2-7-16-10-14-6-8-17-18(14)11-12-4-3-5-13(15)9-12/h3-6,8-9,16H,2,7,10-11H2,1H3. The summed E-state index contributed by atoms with van der Waals surface area (Å²) in [6.45, 7) is 4.81. The number of benzene rings is 1. The molecular weight excluding hydrogens is 246 g/mol. The highest BCUT2D eigenvalue weighted by Crippen LogP contribution is 2.12. The molecule has 1 heterocycles. The average molecular weight is 264 g/mol. The van der Waals surface area contributed by atoms with E-state index in [0.717, 1.165) is 31.1 Å². The molecule has 1 aromatic heterocycles. The SMILES string of the molecule is CCCNCc1ccnn1Cc1cccc(Cl)c1. The molecular formula is C14H18ClN3. The van der Waals surface area contributed by atoms with E-state index in [9.17, 15) is 0 Å². The van der Waals surface area contributed by atoms with E-state index < -0.39 is 0 Å². The van der Waals surface area contributed by atoms with E-state index in [1.165, 1.54) is 11.3 Å². The van der Waals surface area contributed by atoms with Crippen molar-refractivity contribution in [3.63, 3.8) is 0 Å². The van der Waals surface area contributed by atoms with Crippen molar-refractivity contribution in [2.24, 2.45) is 0 Å². The van der Waals surface area contributed by atoms with Gasteiger partial charge in [0.15, 0.2) is 0 Å². The predicted octanol–water partition coefficient (Wildman–Crippen LogP) is 3.08. The predicted molar refractivity (Wildman–Crippen MR) is 74.8 cm³/mol. The van der Waals surface area contributed by atoms with Crippen LogP contribution in [-0.2, 0) is 13.1 Å². The summed E-state index contributed by atoms with van der Waals surface area (Å²) in [5.41, 5.74) is 2.37. The number of halogens is 1. The Morgan fingerprint density at radius 3 is 3.00 bits per heavy atom. The van der Waals surface area contributed by atoms with Gasteiger partial charge < -0.3 is 5.32 Å². The molecule has 0 spiro atoms. The summed E-state index contributed by atoms with van der Waals surface area (Å²) in [4.78, 5) is 0. The monoisotopic (exact) mass is 263 g/mol. The molecule has 18 heavy (non-hydrogen) atoms. The zero-order chi connectivity index (χ0) is 12.8. The average Bonchev–Trinajstić information content (AvgIpc) is 2.77. The minimum atomic E-state index is 0.761. The van der Waals surface area contributed by atoms with Gasteiger partial charge in [-0.3, -0.25) is 4.68 Å². The molecule has 0 aliphatic heterocycles. The van der Waals surface area contributed by atoms with Gasteiger partial charge in [0.05, 0.1) is 12.2 Å². The first-order valence-electron chi connectivity index (χ1n) is 6.25. The van der Waals surface area contributed by atoms with Crippen molar-refractivity contribution in [3.8, 4) is 0 Å². The third-order valence-corrected chi connectivity index (χ3v) is 2.99. The molecule has 2 rings (SSSR count). The van der Waals surface area contributed by atoms with Gasteiger partial charge in [0.1, 0.15) is 0 Å². The fraction of sp³-hybridized carbons (Fsp3) is 0.357. The molecule has 1 N–H and O–H groups in total. The third kappa shape index (κ3) is 3.59. The Bertz CT molecular complexity index is 493. The quantitative estimate of drug-likeness (QED) is 0.812. The lowest BCUT2D eigenvalue weighted by atomic mass is 10.2. The number of aromatic nitrogens is 2. The van der Waals surface area contributed by atoms with Crippen LogP contribution in [0.15, 0.2) is 36.5 Å². The topological polar surface area (TPSA) is 29.9 Å². The molecule has 1 aromatic carbocycles. The van der Waals surface area contributed by atoms with Gasteiger partial charge >= 0.3 is 0 Å². The molecule has 0 fully saturated rings. The van der Waals surface area contributed by atoms with Crippen molar-refractivity contribution in [2.75, 3.05) is 6.54 Å². The molecule has 0 aliphatic rings. The minimum Gasteiger partial charge on any atom is -0.311 e. The van der Waals surface area contributed by atoms with E-state index in [4.69, 9.17) is 11.6 Å². The number of rotatable bonds is 6. The van der Waals surface area contributed by atoms with Crippen molar-refractivity contribution in [3.05, 3.63) is 52.8 Å². The molecule has 4 heteroatoms. The Morgan fingerprint density at radius 1 is 1.33 bits per heavy atom. The highest BCUT2D eigenvalue weighted by atomic mass is 35.5. The molecule has 0 radical (unpaired) electrons. The summed E-state index contributed by atoms with van der Waals surface area (Å²) >= 11 is 5.99. The molecule has 3 nitrogen and oxygen atoms in total. The minimum absolute atomic E-state index is 0.761. The van der Waals surface area contributed by atoms with Gasteiger partial charge in [-0.05, 0) is 36.7 Å². The second-order valence-corrected chi connectivity index (χ2v) is 4.72. The summed E-state index contributed by atoms with van der Waals surface area (Å²) in [6, 6.07) is 9.95. The zero-order valence-electron chi connectivity index (χ0n) is 10.6. The van der Waals surface area contributed by atoms with Crippen LogP contribution in [-0.4, -0.2) is 16.3 Å². The first kappa shape index (κ1) is 13.1. The van der Waals surface area contributed by atoms with Crippen molar-refractivity contribution in [1.82, 2.24) is 15.1 Å². The number of nitrogens with zero attached hydrogens (tertiary/aromatic N) is 2. The number of nitrogens with one attached hydrogen (secondary N) is 1. The van der Waals surface area contributed by atoms with Crippen LogP contribution in [0.3, 0.4) is 0 Å². The van der Waals surface area contributed by atoms with Crippen LogP contribution in [0, 0.1) is 0 Å². The smallest absolute Gasteiger partial charge is 0.0663 e. The van der Waals surface area contributed by atoms with E-state index in [1.54, 1.807) is 0 Å². The van der Waals surface area contributed by atoms with Gasteiger partial charge in [-0.1, -0.05) is 30.7 Å². The van der Waals surface area contributed by atoms with Gasteiger partial charge in [-0.15, -0.1) is 0 Å². The van der Waals surface area contributed by atoms with Crippen LogP contribution in [0.2, 0.25) is 5.02 Å². The Morgan fingerprint density at radius 2 is 2.22 bits per heavy atom. The van der Waals surface area contributed by atoms with Gasteiger partial charge in [0, 0.05) is 17.8 Å². The fourth-order valence-corrected chi connectivity index (χ4v) is 2.07. The zero-order valence-corrected chi connectivity index (χ0v) is 11.3. The molecule has 2 aromatic rings. The number of hydrogen-bond donors (Lipinski definition) is 1. The normalized spacial score (nSPS) is 10.8. The highest BCUT2D eigenvalue weighted by molar-refractivity contribution is 6.30.